The van der Waals surface area contributed by atoms with Crippen LogP contribution >= 0.6 is 11.6 Å². The maximum absolute atomic E-state index is 12.2. The van der Waals surface area contributed by atoms with Crippen molar-refractivity contribution < 1.29 is 18.8 Å². The number of halogens is 1. The molecule has 26 heavy (non-hydrogen) atoms. The van der Waals surface area contributed by atoms with E-state index in [9.17, 15) is 9.59 Å². The number of carbonyl (C=O) groups excluding carboxylic acids is 2. The molecule has 0 fully saturated rings. The molecule has 2 amide bonds. The predicted octanol–water partition coefficient (Wildman–Crippen LogP) is 2.02. The molecule has 138 valence electrons. The highest BCUT2D eigenvalue weighted by atomic mass is 35.5. The first-order chi connectivity index (χ1) is 12.4. The molecule has 0 atom stereocenters. The Kier molecular flexibility index (Phi) is 5.46. The summed E-state index contributed by atoms with van der Waals surface area (Å²) in [6.07, 6.45) is 0.205. The number of fused-ring (bicyclic) bond motifs is 1. The molecule has 1 aliphatic rings. The number of amides is 2. The highest BCUT2D eigenvalue weighted by Gasteiger charge is 2.22. The molecule has 3 rings (SSSR count). The van der Waals surface area contributed by atoms with Gasteiger partial charge in [0.25, 0.3) is 5.91 Å². The molecule has 0 aliphatic carbocycles. The first kappa shape index (κ1) is 18.3. The lowest BCUT2D eigenvalue weighted by molar-refractivity contribution is -0.133. The third-order valence-electron chi connectivity index (χ3n) is 4.31. The van der Waals surface area contributed by atoms with Crippen molar-refractivity contribution in [1.82, 2.24) is 15.4 Å². The van der Waals surface area contributed by atoms with Crippen LogP contribution in [0.2, 0.25) is 5.02 Å². The van der Waals surface area contributed by atoms with Crippen LogP contribution in [-0.2, 0) is 22.6 Å². The molecule has 0 unspecified atom stereocenters. The van der Waals surface area contributed by atoms with E-state index in [0.717, 1.165) is 11.1 Å². The monoisotopic (exact) mass is 377 g/mol. The van der Waals surface area contributed by atoms with Crippen molar-refractivity contribution in [3.63, 3.8) is 0 Å². The van der Waals surface area contributed by atoms with Gasteiger partial charge in [-0.05, 0) is 32.0 Å². The van der Waals surface area contributed by atoms with Gasteiger partial charge in [-0.2, -0.15) is 0 Å². The van der Waals surface area contributed by atoms with Crippen molar-refractivity contribution in [2.24, 2.45) is 0 Å². The smallest absolute Gasteiger partial charge is 0.260 e. The number of aromatic nitrogens is 1. The van der Waals surface area contributed by atoms with Gasteiger partial charge in [0.2, 0.25) is 5.91 Å². The standard InChI is InChI=1S/C18H20ClN3O4/c1-11-15(12(2)26-21-11)8-17(23)20-5-6-22-9-13-7-14(19)3-4-16(13)25-10-18(22)24/h3-4,7H,5-6,8-10H2,1-2H3,(H,20,23). The molecular formula is C18H20ClN3O4. The van der Waals surface area contributed by atoms with Crippen molar-refractivity contribution in [3.05, 3.63) is 45.8 Å². The zero-order valence-electron chi connectivity index (χ0n) is 14.7. The summed E-state index contributed by atoms with van der Waals surface area (Å²) in [6, 6.07) is 5.29. The number of rotatable bonds is 5. The van der Waals surface area contributed by atoms with Crippen LogP contribution in [0.4, 0.5) is 0 Å². The Labute approximate surface area is 156 Å². The van der Waals surface area contributed by atoms with E-state index in [1.54, 1.807) is 36.9 Å². The number of hydrogen-bond donors (Lipinski definition) is 1. The van der Waals surface area contributed by atoms with Gasteiger partial charge >= 0.3 is 0 Å². The van der Waals surface area contributed by atoms with E-state index in [2.05, 4.69) is 10.5 Å². The molecule has 0 spiro atoms. The third kappa shape index (κ3) is 4.16. The van der Waals surface area contributed by atoms with E-state index in [1.165, 1.54) is 0 Å². The number of hydrogen-bond acceptors (Lipinski definition) is 5. The van der Waals surface area contributed by atoms with E-state index >= 15 is 0 Å². The number of carbonyl (C=O) groups is 2. The third-order valence-corrected chi connectivity index (χ3v) is 4.55. The fraction of sp³-hybridized carbons (Fsp3) is 0.389. The summed E-state index contributed by atoms with van der Waals surface area (Å²) in [5.41, 5.74) is 2.36. The molecule has 7 nitrogen and oxygen atoms in total. The summed E-state index contributed by atoms with van der Waals surface area (Å²) < 4.78 is 10.6. The normalized spacial score (nSPS) is 13.8. The number of nitrogens with one attached hydrogen (secondary N) is 1. The van der Waals surface area contributed by atoms with E-state index in [-0.39, 0.29) is 24.8 Å². The molecule has 1 aromatic carbocycles. The fourth-order valence-corrected chi connectivity index (χ4v) is 3.04. The SMILES string of the molecule is Cc1noc(C)c1CC(=O)NCCN1Cc2cc(Cl)ccc2OCC1=O. The maximum Gasteiger partial charge on any atom is 0.260 e. The molecule has 0 bridgehead atoms. The first-order valence-electron chi connectivity index (χ1n) is 8.31. The largest absolute Gasteiger partial charge is 0.483 e. The zero-order chi connectivity index (χ0) is 18.7. The highest BCUT2D eigenvalue weighted by Crippen LogP contribution is 2.26. The number of nitrogens with zero attached hydrogens (tertiary/aromatic N) is 2. The van der Waals surface area contributed by atoms with Crippen LogP contribution in [0.15, 0.2) is 22.7 Å². The van der Waals surface area contributed by atoms with Gasteiger partial charge in [-0.15, -0.1) is 0 Å². The Bertz CT molecular complexity index is 814. The molecule has 1 N–H and O–H groups in total. The second kappa shape index (κ2) is 7.78. The van der Waals surface area contributed by atoms with E-state index < -0.39 is 0 Å². The average Bonchev–Trinajstić information content (AvgIpc) is 2.82. The summed E-state index contributed by atoms with van der Waals surface area (Å²) in [7, 11) is 0. The topological polar surface area (TPSA) is 84.7 Å². The highest BCUT2D eigenvalue weighted by molar-refractivity contribution is 6.30. The molecule has 2 aromatic rings. The number of aryl methyl sites for hydroxylation is 2. The lowest BCUT2D eigenvalue weighted by Crippen LogP contribution is -2.39. The van der Waals surface area contributed by atoms with Gasteiger partial charge in [0.15, 0.2) is 6.61 Å². The van der Waals surface area contributed by atoms with Crippen LogP contribution in [-0.4, -0.2) is 41.6 Å². The van der Waals surface area contributed by atoms with Gasteiger partial charge < -0.3 is 19.5 Å². The van der Waals surface area contributed by atoms with Crippen LogP contribution in [0, 0.1) is 13.8 Å². The second-order valence-electron chi connectivity index (χ2n) is 6.19. The van der Waals surface area contributed by atoms with E-state index in [1.807, 2.05) is 0 Å². The van der Waals surface area contributed by atoms with Gasteiger partial charge in [-0.1, -0.05) is 16.8 Å². The molecule has 8 heteroatoms. The van der Waals surface area contributed by atoms with Gasteiger partial charge in [-0.3, -0.25) is 9.59 Å². The molecule has 1 aliphatic heterocycles. The van der Waals surface area contributed by atoms with Gasteiger partial charge in [-0.25, -0.2) is 0 Å². The summed E-state index contributed by atoms with van der Waals surface area (Å²) in [5.74, 6) is 1.04. The quantitative estimate of drug-likeness (QED) is 0.861. The predicted molar refractivity (Wildman–Crippen MR) is 95.1 cm³/mol. The molecule has 0 saturated heterocycles. The average molecular weight is 378 g/mol. The fourth-order valence-electron chi connectivity index (χ4n) is 2.85. The lowest BCUT2D eigenvalue weighted by Gasteiger charge is -2.20. The zero-order valence-corrected chi connectivity index (χ0v) is 15.4. The van der Waals surface area contributed by atoms with Crippen LogP contribution in [0.3, 0.4) is 0 Å². The second-order valence-corrected chi connectivity index (χ2v) is 6.62. The van der Waals surface area contributed by atoms with Crippen LogP contribution < -0.4 is 10.1 Å². The summed E-state index contributed by atoms with van der Waals surface area (Å²) in [6.45, 7) is 4.69. The van der Waals surface area contributed by atoms with Crippen LogP contribution in [0.25, 0.3) is 0 Å². The minimum Gasteiger partial charge on any atom is -0.483 e. The Morgan fingerprint density at radius 3 is 2.92 bits per heavy atom. The maximum atomic E-state index is 12.2. The summed E-state index contributed by atoms with van der Waals surface area (Å²) >= 11 is 6.02. The minimum atomic E-state index is -0.138. The molecule has 0 radical (unpaired) electrons. The van der Waals surface area contributed by atoms with Crippen molar-refractivity contribution >= 4 is 23.4 Å². The molecule has 2 heterocycles. The van der Waals surface area contributed by atoms with Crippen LogP contribution in [0.5, 0.6) is 5.75 Å². The number of benzene rings is 1. The Morgan fingerprint density at radius 2 is 2.19 bits per heavy atom. The van der Waals surface area contributed by atoms with Crippen molar-refractivity contribution in [2.75, 3.05) is 19.7 Å². The van der Waals surface area contributed by atoms with Crippen molar-refractivity contribution in [1.29, 1.82) is 0 Å². The Hall–Kier alpha value is -2.54. The lowest BCUT2D eigenvalue weighted by atomic mass is 10.1. The summed E-state index contributed by atoms with van der Waals surface area (Å²) in [4.78, 5) is 26.0. The van der Waals surface area contributed by atoms with Crippen LogP contribution in [0.1, 0.15) is 22.6 Å². The van der Waals surface area contributed by atoms with Crippen molar-refractivity contribution in [3.8, 4) is 5.75 Å². The first-order valence-corrected chi connectivity index (χ1v) is 8.69. The molecule has 0 saturated carbocycles. The van der Waals surface area contributed by atoms with E-state index in [4.69, 9.17) is 20.9 Å². The summed E-state index contributed by atoms with van der Waals surface area (Å²) in [5, 5.41) is 7.26. The molecule has 1 aromatic heterocycles. The van der Waals surface area contributed by atoms with E-state index in [0.29, 0.717) is 41.9 Å². The molecular weight excluding hydrogens is 358 g/mol. The Balaban J connectivity index is 1.55. The minimum absolute atomic E-state index is 0.0261. The van der Waals surface area contributed by atoms with Gasteiger partial charge in [0.1, 0.15) is 11.5 Å². The van der Waals surface area contributed by atoms with Gasteiger partial charge in [0.05, 0.1) is 12.1 Å². The van der Waals surface area contributed by atoms with Gasteiger partial charge in [0, 0.05) is 35.8 Å². The number of ether oxygens (including phenoxy) is 1. The Morgan fingerprint density at radius 1 is 1.38 bits per heavy atom. The van der Waals surface area contributed by atoms with Crippen molar-refractivity contribution in [2.45, 2.75) is 26.8 Å².